The molecular formula is C12H21ClN4O2S. The van der Waals surface area contributed by atoms with Crippen LogP contribution in [0.3, 0.4) is 0 Å². The predicted molar refractivity (Wildman–Crippen MR) is 78.3 cm³/mol. The maximum atomic E-state index is 12.6. The van der Waals surface area contributed by atoms with Gasteiger partial charge in [-0.25, -0.2) is 13.4 Å². The first-order valence-corrected chi connectivity index (χ1v) is 8.33. The van der Waals surface area contributed by atoms with Gasteiger partial charge in [0.25, 0.3) is 10.0 Å². The van der Waals surface area contributed by atoms with E-state index in [0.29, 0.717) is 6.54 Å². The average molecular weight is 321 g/mol. The summed E-state index contributed by atoms with van der Waals surface area (Å²) in [6, 6.07) is 0. The fourth-order valence-electron chi connectivity index (χ4n) is 2.55. The summed E-state index contributed by atoms with van der Waals surface area (Å²) in [6.07, 6.45) is 4.57. The largest absolute Gasteiger partial charge is 0.324 e. The molecule has 8 heteroatoms. The van der Waals surface area contributed by atoms with Crippen molar-refractivity contribution in [2.24, 2.45) is 7.05 Å². The Morgan fingerprint density at radius 3 is 2.35 bits per heavy atom. The Balaban J connectivity index is 2.24. The molecule has 1 saturated carbocycles. The monoisotopic (exact) mass is 320 g/mol. The van der Waals surface area contributed by atoms with Crippen molar-refractivity contribution in [3.05, 3.63) is 11.5 Å². The molecule has 1 aromatic heterocycles. The first kappa shape index (κ1) is 15.8. The van der Waals surface area contributed by atoms with Gasteiger partial charge in [-0.3, -0.25) is 0 Å². The van der Waals surface area contributed by atoms with Gasteiger partial charge in [0, 0.05) is 26.2 Å². The second-order valence-corrected chi connectivity index (χ2v) is 8.00. The lowest BCUT2D eigenvalue weighted by molar-refractivity contribution is 0.0455. The van der Waals surface area contributed by atoms with E-state index in [1.165, 1.54) is 15.2 Å². The van der Waals surface area contributed by atoms with Gasteiger partial charge in [-0.2, -0.15) is 4.31 Å². The molecule has 0 amide bonds. The van der Waals surface area contributed by atoms with Crippen molar-refractivity contribution in [1.82, 2.24) is 18.8 Å². The van der Waals surface area contributed by atoms with Crippen molar-refractivity contribution in [1.29, 1.82) is 0 Å². The molecule has 114 valence electrons. The van der Waals surface area contributed by atoms with Crippen molar-refractivity contribution in [2.75, 3.05) is 27.7 Å². The number of hydrogen-bond acceptors (Lipinski definition) is 4. The van der Waals surface area contributed by atoms with Crippen LogP contribution >= 0.6 is 11.6 Å². The lowest BCUT2D eigenvalue weighted by atomic mass is 9.75. The maximum absolute atomic E-state index is 12.6. The van der Waals surface area contributed by atoms with E-state index in [-0.39, 0.29) is 15.7 Å². The fourth-order valence-corrected chi connectivity index (χ4v) is 4.17. The molecule has 20 heavy (non-hydrogen) atoms. The zero-order valence-corrected chi connectivity index (χ0v) is 13.9. The number of rotatable bonds is 5. The summed E-state index contributed by atoms with van der Waals surface area (Å²) >= 11 is 6.00. The summed E-state index contributed by atoms with van der Waals surface area (Å²) in [4.78, 5) is 6.03. The van der Waals surface area contributed by atoms with E-state index < -0.39 is 10.0 Å². The number of nitrogens with zero attached hydrogens (tertiary/aromatic N) is 4. The van der Waals surface area contributed by atoms with Gasteiger partial charge >= 0.3 is 0 Å². The number of imidazole rings is 1. The minimum atomic E-state index is -3.65. The third-order valence-corrected chi connectivity index (χ3v) is 6.53. The zero-order valence-electron chi connectivity index (χ0n) is 12.3. The van der Waals surface area contributed by atoms with Gasteiger partial charge < -0.3 is 9.47 Å². The van der Waals surface area contributed by atoms with E-state index >= 15 is 0 Å². The van der Waals surface area contributed by atoms with Crippen LogP contribution in [0, 0.1) is 0 Å². The zero-order chi connectivity index (χ0) is 15.1. The van der Waals surface area contributed by atoms with Crippen LogP contribution < -0.4 is 0 Å². The molecule has 0 aliphatic heterocycles. The molecule has 0 spiro atoms. The Morgan fingerprint density at radius 1 is 1.40 bits per heavy atom. The van der Waals surface area contributed by atoms with Crippen molar-refractivity contribution in [2.45, 2.75) is 29.8 Å². The molecule has 1 heterocycles. The smallest absolute Gasteiger partial charge is 0.263 e. The summed E-state index contributed by atoms with van der Waals surface area (Å²) < 4.78 is 28.0. The molecule has 0 radical (unpaired) electrons. The number of halogens is 1. The minimum Gasteiger partial charge on any atom is -0.324 e. The normalized spacial score (nSPS) is 18.6. The summed E-state index contributed by atoms with van der Waals surface area (Å²) in [6.45, 7) is 0.454. The fraction of sp³-hybridized carbons (Fsp3) is 0.750. The molecule has 0 saturated heterocycles. The Kier molecular flexibility index (Phi) is 4.17. The van der Waals surface area contributed by atoms with Crippen molar-refractivity contribution in [3.8, 4) is 0 Å². The van der Waals surface area contributed by atoms with E-state index in [4.69, 9.17) is 11.6 Å². The Hall–Kier alpha value is -0.630. The summed E-state index contributed by atoms with van der Waals surface area (Å²) in [5.74, 6) is 0. The van der Waals surface area contributed by atoms with Gasteiger partial charge in [-0.05, 0) is 33.4 Å². The molecule has 0 unspecified atom stereocenters. The number of hydrogen-bond donors (Lipinski definition) is 0. The van der Waals surface area contributed by atoms with Crippen LogP contribution in [-0.2, 0) is 17.1 Å². The summed E-state index contributed by atoms with van der Waals surface area (Å²) in [5, 5.41) is 0.0711. The third-order valence-electron chi connectivity index (χ3n) is 4.24. The Morgan fingerprint density at radius 2 is 2.00 bits per heavy atom. The molecule has 1 aromatic rings. The van der Waals surface area contributed by atoms with E-state index in [1.54, 1.807) is 14.1 Å². The SMILES string of the molecule is CN(C)C1(CN(C)S(=O)(=O)c2ncn(C)c2Cl)CCC1. The van der Waals surface area contributed by atoms with Gasteiger partial charge in [0.05, 0.1) is 6.33 Å². The van der Waals surface area contributed by atoms with Crippen molar-refractivity contribution in [3.63, 3.8) is 0 Å². The summed E-state index contributed by atoms with van der Waals surface area (Å²) in [5.41, 5.74) is -0.0664. The van der Waals surface area contributed by atoms with Crippen LogP contribution in [0.5, 0.6) is 0 Å². The van der Waals surface area contributed by atoms with Crippen LogP contribution in [0.2, 0.25) is 5.15 Å². The molecule has 0 bridgehead atoms. The third kappa shape index (κ3) is 2.47. The number of sulfonamides is 1. The molecular weight excluding hydrogens is 300 g/mol. The van der Waals surface area contributed by atoms with Crippen LogP contribution in [0.4, 0.5) is 0 Å². The highest BCUT2D eigenvalue weighted by molar-refractivity contribution is 7.89. The molecule has 0 atom stereocenters. The molecule has 1 aliphatic rings. The second kappa shape index (κ2) is 5.29. The topological polar surface area (TPSA) is 58.4 Å². The second-order valence-electron chi connectivity index (χ2n) is 5.68. The highest BCUT2D eigenvalue weighted by Gasteiger charge is 2.42. The van der Waals surface area contributed by atoms with Crippen LogP contribution in [0.1, 0.15) is 19.3 Å². The van der Waals surface area contributed by atoms with Gasteiger partial charge in [0.1, 0.15) is 5.15 Å². The van der Waals surface area contributed by atoms with Crippen molar-refractivity contribution >= 4 is 21.6 Å². The van der Waals surface area contributed by atoms with Crippen LogP contribution in [0.25, 0.3) is 0 Å². The van der Waals surface area contributed by atoms with Gasteiger partial charge in [0.15, 0.2) is 0 Å². The standard InChI is InChI=1S/C12H21ClN4O2S/c1-15(2)12(6-5-7-12)8-17(4)20(18,19)11-10(13)16(3)9-14-11/h9H,5-8H2,1-4H3. The number of likely N-dealkylation sites (N-methyl/N-ethyl adjacent to an activating group) is 2. The van der Waals surface area contributed by atoms with Gasteiger partial charge in [0.2, 0.25) is 5.03 Å². The molecule has 6 nitrogen and oxygen atoms in total. The predicted octanol–water partition coefficient (Wildman–Crippen LogP) is 1.18. The quantitative estimate of drug-likeness (QED) is 0.817. The number of aryl methyl sites for hydroxylation is 1. The molecule has 1 aliphatic carbocycles. The number of aromatic nitrogens is 2. The van der Waals surface area contributed by atoms with Crippen molar-refractivity contribution < 1.29 is 8.42 Å². The first-order valence-electron chi connectivity index (χ1n) is 6.51. The lowest BCUT2D eigenvalue weighted by Crippen LogP contribution is -2.57. The van der Waals surface area contributed by atoms with E-state index in [1.807, 2.05) is 14.1 Å². The van der Waals surface area contributed by atoms with E-state index in [0.717, 1.165) is 19.3 Å². The van der Waals surface area contributed by atoms with E-state index in [2.05, 4.69) is 9.88 Å². The van der Waals surface area contributed by atoms with Crippen LogP contribution in [0.15, 0.2) is 11.4 Å². The van der Waals surface area contributed by atoms with Gasteiger partial charge in [-0.1, -0.05) is 11.6 Å². The minimum absolute atomic E-state index is 0.0664. The highest BCUT2D eigenvalue weighted by Crippen LogP contribution is 2.37. The first-order chi connectivity index (χ1) is 9.20. The Labute approximate surface area is 125 Å². The molecule has 0 N–H and O–H groups in total. The highest BCUT2D eigenvalue weighted by atomic mass is 35.5. The van der Waals surface area contributed by atoms with Gasteiger partial charge in [-0.15, -0.1) is 0 Å². The van der Waals surface area contributed by atoms with E-state index in [9.17, 15) is 8.42 Å². The van der Waals surface area contributed by atoms with Crippen LogP contribution in [-0.4, -0.2) is 60.4 Å². The maximum Gasteiger partial charge on any atom is 0.263 e. The molecule has 2 rings (SSSR count). The Bertz CT molecular complexity index is 593. The molecule has 1 fully saturated rings. The lowest BCUT2D eigenvalue weighted by Gasteiger charge is -2.48. The average Bonchev–Trinajstić information content (AvgIpc) is 2.64. The molecule has 0 aromatic carbocycles. The summed E-state index contributed by atoms with van der Waals surface area (Å²) in [7, 11) is 3.59.